The molecule has 1 aliphatic carbocycles. The normalized spacial score (nSPS) is 19.8. The Kier molecular flexibility index (Phi) is 6.85. The largest absolute Gasteiger partial charge is 0.338 e. The molecule has 0 spiro atoms. The summed E-state index contributed by atoms with van der Waals surface area (Å²) in [6.45, 7) is 3.98. The quantitative estimate of drug-likeness (QED) is 0.848. The third-order valence-electron chi connectivity index (χ3n) is 5.04. The molecule has 0 radical (unpaired) electrons. The van der Waals surface area contributed by atoms with Crippen LogP contribution in [0.4, 0.5) is 10.5 Å². The molecule has 1 saturated heterocycles. The number of anilines is 1. The number of thioether (sulfide) groups is 1. The lowest BCUT2D eigenvalue weighted by molar-refractivity contribution is 0.247. The van der Waals surface area contributed by atoms with Crippen molar-refractivity contribution >= 4 is 23.5 Å². The van der Waals surface area contributed by atoms with Crippen LogP contribution >= 0.6 is 11.8 Å². The molecule has 132 valence electrons. The summed E-state index contributed by atoms with van der Waals surface area (Å²) in [7, 11) is 0. The van der Waals surface area contributed by atoms with Crippen LogP contribution in [0.2, 0.25) is 0 Å². The van der Waals surface area contributed by atoms with Gasteiger partial charge in [-0.3, -0.25) is 4.90 Å². The number of benzene rings is 1. The van der Waals surface area contributed by atoms with Gasteiger partial charge >= 0.3 is 6.03 Å². The zero-order valence-electron chi connectivity index (χ0n) is 14.4. The van der Waals surface area contributed by atoms with Crippen molar-refractivity contribution in [3.63, 3.8) is 0 Å². The number of hydrogen-bond donors (Lipinski definition) is 2. The molecular weight excluding hydrogens is 318 g/mol. The van der Waals surface area contributed by atoms with Crippen LogP contribution in [0.15, 0.2) is 24.3 Å². The van der Waals surface area contributed by atoms with E-state index in [1.165, 1.54) is 49.2 Å². The van der Waals surface area contributed by atoms with E-state index < -0.39 is 0 Å². The van der Waals surface area contributed by atoms with Crippen molar-refractivity contribution in [1.29, 1.82) is 0 Å². The number of rotatable bonds is 5. The average molecular weight is 348 g/mol. The minimum Gasteiger partial charge on any atom is -0.338 e. The number of nitrogens with zero attached hydrogens (tertiary/aromatic N) is 1. The van der Waals surface area contributed by atoms with Crippen molar-refractivity contribution in [2.45, 2.75) is 38.6 Å². The summed E-state index contributed by atoms with van der Waals surface area (Å²) < 4.78 is 0. The molecule has 5 heteroatoms. The fourth-order valence-corrected chi connectivity index (χ4v) is 4.55. The van der Waals surface area contributed by atoms with E-state index in [4.69, 9.17) is 0 Å². The molecule has 24 heavy (non-hydrogen) atoms. The maximum atomic E-state index is 12.3. The predicted molar refractivity (Wildman–Crippen MR) is 103 cm³/mol. The van der Waals surface area contributed by atoms with Crippen molar-refractivity contribution in [2.24, 2.45) is 5.92 Å². The van der Waals surface area contributed by atoms with Crippen LogP contribution in [0.5, 0.6) is 0 Å². The molecule has 2 fully saturated rings. The van der Waals surface area contributed by atoms with E-state index in [0.717, 1.165) is 31.9 Å². The van der Waals surface area contributed by atoms with Crippen LogP contribution < -0.4 is 10.6 Å². The fourth-order valence-electron chi connectivity index (χ4n) is 3.58. The summed E-state index contributed by atoms with van der Waals surface area (Å²) in [4.78, 5) is 14.7. The smallest absolute Gasteiger partial charge is 0.319 e. The standard InChI is InChI=1S/C19H29N3OS/c23-19(20-14-16-6-2-1-3-7-16)21-18-9-5-4-8-17(18)15-22-10-12-24-13-11-22/h4-5,8-9,16H,1-3,6-7,10-15H2,(H2,20,21,23). The number of urea groups is 1. The number of carbonyl (C=O) groups excluding carboxylic acids is 1. The van der Waals surface area contributed by atoms with E-state index in [9.17, 15) is 4.79 Å². The van der Waals surface area contributed by atoms with Crippen LogP contribution in [0.25, 0.3) is 0 Å². The van der Waals surface area contributed by atoms with Crippen LogP contribution in [0, 0.1) is 5.92 Å². The van der Waals surface area contributed by atoms with Crippen molar-refractivity contribution in [3.05, 3.63) is 29.8 Å². The molecule has 0 aromatic heterocycles. The number of carbonyl (C=O) groups is 1. The van der Waals surface area contributed by atoms with Gasteiger partial charge in [0.05, 0.1) is 0 Å². The van der Waals surface area contributed by atoms with Gasteiger partial charge < -0.3 is 10.6 Å². The van der Waals surface area contributed by atoms with Gasteiger partial charge in [-0.05, 0) is 30.4 Å². The van der Waals surface area contributed by atoms with Gasteiger partial charge in [0.2, 0.25) is 0 Å². The first kappa shape index (κ1) is 17.6. The summed E-state index contributed by atoms with van der Waals surface area (Å²) in [5.41, 5.74) is 2.15. The molecule has 1 aromatic rings. The second-order valence-electron chi connectivity index (χ2n) is 6.88. The van der Waals surface area contributed by atoms with Gasteiger partial charge in [-0.15, -0.1) is 0 Å². The Morgan fingerprint density at radius 1 is 1.12 bits per heavy atom. The van der Waals surface area contributed by atoms with E-state index in [-0.39, 0.29) is 6.03 Å². The van der Waals surface area contributed by atoms with Crippen LogP contribution in [-0.2, 0) is 6.54 Å². The highest BCUT2D eigenvalue weighted by Crippen LogP contribution is 2.23. The number of para-hydroxylation sites is 1. The third-order valence-corrected chi connectivity index (χ3v) is 5.98. The maximum absolute atomic E-state index is 12.3. The summed E-state index contributed by atoms with van der Waals surface area (Å²) in [5.74, 6) is 3.07. The molecule has 1 saturated carbocycles. The molecule has 2 amide bonds. The van der Waals surface area contributed by atoms with Gasteiger partial charge in [0.25, 0.3) is 0 Å². The minimum atomic E-state index is -0.0674. The molecule has 2 N–H and O–H groups in total. The first-order valence-corrected chi connectivity index (χ1v) is 10.4. The monoisotopic (exact) mass is 347 g/mol. The Labute approximate surface area is 149 Å². The van der Waals surface area contributed by atoms with Gasteiger partial charge in [-0.1, -0.05) is 37.5 Å². The predicted octanol–water partition coefficient (Wildman–Crippen LogP) is 3.94. The van der Waals surface area contributed by atoms with Gasteiger partial charge in [0, 0.05) is 43.4 Å². The fraction of sp³-hybridized carbons (Fsp3) is 0.632. The van der Waals surface area contributed by atoms with Crippen molar-refractivity contribution < 1.29 is 4.79 Å². The highest BCUT2D eigenvalue weighted by molar-refractivity contribution is 7.99. The third kappa shape index (κ3) is 5.42. The van der Waals surface area contributed by atoms with Crippen molar-refractivity contribution in [1.82, 2.24) is 10.2 Å². The highest BCUT2D eigenvalue weighted by Gasteiger charge is 2.16. The molecule has 1 aromatic carbocycles. The maximum Gasteiger partial charge on any atom is 0.319 e. The number of nitrogens with one attached hydrogen (secondary N) is 2. The Morgan fingerprint density at radius 3 is 2.67 bits per heavy atom. The topological polar surface area (TPSA) is 44.4 Å². The second kappa shape index (κ2) is 9.33. The number of hydrogen-bond acceptors (Lipinski definition) is 3. The van der Waals surface area contributed by atoms with Crippen LogP contribution in [0.3, 0.4) is 0 Å². The second-order valence-corrected chi connectivity index (χ2v) is 8.11. The van der Waals surface area contributed by atoms with Crippen LogP contribution in [0.1, 0.15) is 37.7 Å². The van der Waals surface area contributed by atoms with Gasteiger partial charge in [-0.25, -0.2) is 4.79 Å². The minimum absolute atomic E-state index is 0.0674. The Bertz CT molecular complexity index is 525. The van der Waals surface area contributed by atoms with Gasteiger partial charge in [0.1, 0.15) is 0 Å². The van der Waals surface area contributed by atoms with Crippen molar-refractivity contribution in [3.8, 4) is 0 Å². The zero-order valence-corrected chi connectivity index (χ0v) is 15.2. The lowest BCUT2D eigenvalue weighted by atomic mass is 9.89. The molecule has 1 heterocycles. The Balaban J connectivity index is 1.50. The molecule has 0 bridgehead atoms. The van der Waals surface area contributed by atoms with E-state index in [1.54, 1.807) is 0 Å². The molecule has 3 rings (SSSR count). The molecular formula is C19H29N3OS. The van der Waals surface area contributed by atoms with Gasteiger partial charge in [-0.2, -0.15) is 11.8 Å². The first-order chi connectivity index (χ1) is 11.8. The Morgan fingerprint density at radius 2 is 1.88 bits per heavy atom. The highest BCUT2D eigenvalue weighted by atomic mass is 32.2. The SMILES string of the molecule is O=C(NCC1CCCCC1)Nc1ccccc1CN1CCSCC1. The molecule has 2 aliphatic rings. The lowest BCUT2D eigenvalue weighted by Crippen LogP contribution is -2.35. The average Bonchev–Trinajstić information content (AvgIpc) is 2.63. The molecule has 0 unspecified atom stereocenters. The molecule has 1 aliphatic heterocycles. The summed E-state index contributed by atoms with van der Waals surface area (Å²) in [6.07, 6.45) is 6.48. The Hall–Kier alpha value is -1.20. The summed E-state index contributed by atoms with van der Waals surface area (Å²) in [6, 6.07) is 8.11. The zero-order chi connectivity index (χ0) is 16.6. The molecule has 4 nitrogen and oxygen atoms in total. The van der Waals surface area contributed by atoms with Crippen molar-refractivity contribution in [2.75, 3.05) is 36.5 Å². The van der Waals surface area contributed by atoms with E-state index >= 15 is 0 Å². The lowest BCUT2D eigenvalue weighted by Gasteiger charge is -2.27. The van der Waals surface area contributed by atoms with E-state index in [1.807, 2.05) is 23.9 Å². The number of amides is 2. The first-order valence-electron chi connectivity index (χ1n) is 9.24. The van der Waals surface area contributed by atoms with E-state index in [0.29, 0.717) is 5.92 Å². The van der Waals surface area contributed by atoms with Gasteiger partial charge in [0.15, 0.2) is 0 Å². The van der Waals surface area contributed by atoms with E-state index in [2.05, 4.69) is 27.7 Å². The summed E-state index contributed by atoms with van der Waals surface area (Å²) >= 11 is 2.02. The van der Waals surface area contributed by atoms with Crippen LogP contribution in [-0.4, -0.2) is 42.1 Å². The summed E-state index contributed by atoms with van der Waals surface area (Å²) in [5, 5.41) is 6.12. The molecule has 0 atom stereocenters.